The molecule has 1 amide bonds. The molecule has 0 spiro atoms. The minimum Gasteiger partial charge on any atom is -0.443 e. The molecule has 2 aromatic heterocycles. The predicted molar refractivity (Wildman–Crippen MR) is 91.4 cm³/mol. The van der Waals surface area contributed by atoms with Gasteiger partial charge >= 0.3 is 0 Å². The van der Waals surface area contributed by atoms with Crippen molar-refractivity contribution in [2.75, 3.05) is 5.32 Å². The lowest BCUT2D eigenvalue weighted by atomic mass is 10.1. The summed E-state index contributed by atoms with van der Waals surface area (Å²) in [5.41, 5.74) is 3.30. The highest BCUT2D eigenvalue weighted by Gasteiger charge is 2.24. The fourth-order valence-corrected chi connectivity index (χ4v) is 2.70. The average molecular weight is 319 g/mol. The van der Waals surface area contributed by atoms with E-state index in [9.17, 15) is 10.1 Å². The Labute approximate surface area is 140 Å². The Kier molecular flexibility index (Phi) is 3.97. The largest absolute Gasteiger partial charge is 0.443 e. The molecule has 0 unspecified atom stereocenters. The van der Waals surface area contributed by atoms with Crippen LogP contribution in [0.4, 0.5) is 5.69 Å². The van der Waals surface area contributed by atoms with Gasteiger partial charge in [-0.3, -0.25) is 9.36 Å². The topological polar surface area (TPSA) is 71.0 Å². The number of hydrogen-bond acceptors (Lipinski definition) is 3. The maximum atomic E-state index is 12.7. The first-order valence-corrected chi connectivity index (χ1v) is 7.56. The quantitative estimate of drug-likeness (QED) is 0.789. The Hall–Kier alpha value is -3.26. The van der Waals surface area contributed by atoms with E-state index in [0.717, 1.165) is 16.8 Å². The summed E-state index contributed by atoms with van der Waals surface area (Å²) in [6.07, 6.45) is 3.54. The first-order chi connectivity index (χ1) is 11.5. The maximum Gasteiger partial charge on any atom is 0.260 e. The molecule has 0 radical (unpaired) electrons. The van der Waals surface area contributed by atoms with Gasteiger partial charge in [0, 0.05) is 18.1 Å². The van der Waals surface area contributed by atoms with Crippen molar-refractivity contribution in [2.45, 2.75) is 20.8 Å². The summed E-state index contributed by atoms with van der Waals surface area (Å²) < 4.78 is 7.35. The summed E-state index contributed by atoms with van der Waals surface area (Å²) in [5.74, 6) is 0.418. The fraction of sp³-hybridized carbons (Fsp3) is 0.158. The van der Waals surface area contributed by atoms with E-state index in [2.05, 4.69) is 11.4 Å². The lowest BCUT2D eigenvalue weighted by molar-refractivity contribution is 0.102. The van der Waals surface area contributed by atoms with Crippen molar-refractivity contribution < 1.29 is 9.21 Å². The van der Waals surface area contributed by atoms with Crippen LogP contribution in [0.15, 0.2) is 47.1 Å². The smallest absolute Gasteiger partial charge is 0.260 e. The molecule has 0 fully saturated rings. The zero-order valence-electron chi connectivity index (χ0n) is 13.8. The Balaban J connectivity index is 2.00. The minimum atomic E-state index is -0.349. The van der Waals surface area contributed by atoms with Gasteiger partial charge in [-0.1, -0.05) is 17.7 Å². The molecule has 0 bridgehead atoms. The minimum absolute atomic E-state index is 0.228. The number of nitriles is 1. The molecule has 0 aliphatic carbocycles. The second-order valence-electron chi connectivity index (χ2n) is 5.69. The Morgan fingerprint density at radius 3 is 2.54 bits per heavy atom. The normalized spacial score (nSPS) is 10.4. The van der Waals surface area contributed by atoms with Gasteiger partial charge in [-0.05, 0) is 44.5 Å². The number of carbonyl (C=O) groups is 1. The van der Waals surface area contributed by atoms with E-state index in [1.807, 2.05) is 44.2 Å². The molecule has 0 aliphatic heterocycles. The monoisotopic (exact) mass is 319 g/mol. The predicted octanol–water partition coefficient (Wildman–Crippen LogP) is 4.12. The van der Waals surface area contributed by atoms with Gasteiger partial charge < -0.3 is 9.73 Å². The number of nitrogens with one attached hydrogen (secondary N) is 1. The summed E-state index contributed by atoms with van der Waals surface area (Å²) >= 11 is 0. The Morgan fingerprint density at radius 1 is 1.21 bits per heavy atom. The summed E-state index contributed by atoms with van der Waals surface area (Å²) in [6.45, 7) is 5.61. The van der Waals surface area contributed by atoms with Crippen molar-refractivity contribution in [3.8, 4) is 12.0 Å². The van der Waals surface area contributed by atoms with Gasteiger partial charge in [0.2, 0.25) is 5.88 Å². The molecule has 1 aromatic carbocycles. The number of aromatic nitrogens is 1. The second kappa shape index (κ2) is 6.09. The summed E-state index contributed by atoms with van der Waals surface area (Å²) in [7, 11) is 0. The van der Waals surface area contributed by atoms with Gasteiger partial charge in [0.15, 0.2) is 0 Å². The zero-order chi connectivity index (χ0) is 17.3. The van der Waals surface area contributed by atoms with Crippen molar-refractivity contribution in [2.24, 2.45) is 0 Å². The number of rotatable bonds is 3. The average Bonchev–Trinajstić information content (AvgIpc) is 3.16. The van der Waals surface area contributed by atoms with E-state index in [1.165, 1.54) is 0 Å². The van der Waals surface area contributed by atoms with Gasteiger partial charge in [0.05, 0.1) is 0 Å². The molecular weight excluding hydrogens is 302 g/mol. The van der Waals surface area contributed by atoms with Crippen molar-refractivity contribution >= 4 is 11.6 Å². The molecule has 120 valence electrons. The Bertz CT molecular complexity index is 944. The number of nitrogens with zero attached hydrogens (tertiary/aromatic N) is 2. The first-order valence-electron chi connectivity index (χ1n) is 7.56. The van der Waals surface area contributed by atoms with Crippen LogP contribution >= 0.6 is 0 Å². The van der Waals surface area contributed by atoms with Gasteiger partial charge in [-0.15, -0.1) is 0 Å². The third-order valence-corrected chi connectivity index (χ3v) is 3.87. The molecule has 2 heterocycles. The third-order valence-electron chi connectivity index (χ3n) is 3.87. The summed E-state index contributed by atoms with van der Waals surface area (Å²) in [6, 6.07) is 11.5. The maximum absolute atomic E-state index is 12.7. The van der Waals surface area contributed by atoms with Gasteiger partial charge in [0.1, 0.15) is 23.0 Å². The lowest BCUT2D eigenvalue weighted by Crippen LogP contribution is -2.14. The number of anilines is 1. The van der Waals surface area contributed by atoms with E-state index in [-0.39, 0.29) is 17.0 Å². The van der Waals surface area contributed by atoms with Crippen LogP contribution in [0.1, 0.15) is 32.8 Å². The zero-order valence-corrected chi connectivity index (χ0v) is 13.8. The van der Waals surface area contributed by atoms with Gasteiger partial charge in [-0.25, -0.2) is 0 Å². The number of carbonyl (C=O) groups excluding carboxylic acids is 1. The van der Waals surface area contributed by atoms with E-state index < -0.39 is 0 Å². The van der Waals surface area contributed by atoms with Crippen molar-refractivity contribution in [1.82, 2.24) is 4.57 Å². The van der Waals surface area contributed by atoms with Crippen LogP contribution in [0.3, 0.4) is 0 Å². The summed E-state index contributed by atoms with van der Waals surface area (Å²) in [4.78, 5) is 12.7. The standard InChI is InChI=1S/C19H17N3O2/c1-12-6-7-16(13(2)10-12)21-18(23)17-14(3)24-19(15(17)11-20)22-8-4-5-9-22/h4-10H,1-3H3,(H,21,23). The molecule has 0 saturated heterocycles. The van der Waals surface area contributed by atoms with E-state index in [1.54, 1.807) is 23.9 Å². The number of benzene rings is 1. The van der Waals surface area contributed by atoms with E-state index in [4.69, 9.17) is 4.42 Å². The molecule has 0 atom stereocenters. The Morgan fingerprint density at radius 2 is 1.92 bits per heavy atom. The van der Waals surface area contributed by atoms with Crippen LogP contribution in [0.2, 0.25) is 0 Å². The van der Waals surface area contributed by atoms with E-state index in [0.29, 0.717) is 11.6 Å². The fourth-order valence-electron chi connectivity index (χ4n) is 2.70. The highest BCUT2D eigenvalue weighted by atomic mass is 16.4. The van der Waals surface area contributed by atoms with Crippen LogP contribution < -0.4 is 5.32 Å². The molecule has 0 saturated carbocycles. The SMILES string of the molecule is Cc1ccc(NC(=O)c2c(C)oc(-n3cccc3)c2C#N)c(C)c1. The van der Waals surface area contributed by atoms with Crippen molar-refractivity contribution in [3.05, 3.63) is 70.7 Å². The van der Waals surface area contributed by atoms with Crippen LogP contribution in [0, 0.1) is 32.1 Å². The number of amides is 1. The van der Waals surface area contributed by atoms with Gasteiger partial charge in [0.25, 0.3) is 5.91 Å². The molecule has 0 aliphatic rings. The van der Waals surface area contributed by atoms with Crippen LogP contribution in [0.5, 0.6) is 0 Å². The molecule has 1 N–H and O–H groups in total. The van der Waals surface area contributed by atoms with Gasteiger partial charge in [-0.2, -0.15) is 5.26 Å². The molecule has 3 rings (SSSR count). The lowest BCUT2D eigenvalue weighted by Gasteiger charge is -2.09. The van der Waals surface area contributed by atoms with Crippen molar-refractivity contribution in [3.63, 3.8) is 0 Å². The van der Waals surface area contributed by atoms with Crippen LogP contribution in [-0.2, 0) is 0 Å². The molecule has 24 heavy (non-hydrogen) atoms. The van der Waals surface area contributed by atoms with Crippen LogP contribution in [-0.4, -0.2) is 10.5 Å². The number of aryl methyl sites for hydroxylation is 3. The molecule has 5 nitrogen and oxygen atoms in total. The number of hydrogen-bond donors (Lipinski definition) is 1. The van der Waals surface area contributed by atoms with Crippen LogP contribution in [0.25, 0.3) is 5.88 Å². The second-order valence-corrected chi connectivity index (χ2v) is 5.69. The first kappa shape index (κ1) is 15.6. The molecular formula is C19H17N3O2. The van der Waals surface area contributed by atoms with Crippen molar-refractivity contribution in [1.29, 1.82) is 5.26 Å². The highest BCUT2D eigenvalue weighted by molar-refractivity contribution is 6.07. The van der Waals surface area contributed by atoms with E-state index >= 15 is 0 Å². The highest BCUT2D eigenvalue weighted by Crippen LogP contribution is 2.27. The molecule has 3 aromatic rings. The number of furan rings is 1. The summed E-state index contributed by atoms with van der Waals surface area (Å²) in [5, 5.41) is 12.4. The third kappa shape index (κ3) is 2.70. The molecule has 5 heteroatoms.